The first-order valence-electron chi connectivity index (χ1n) is 5.63. The monoisotopic (exact) mass is 182 g/mol. The third kappa shape index (κ3) is 1.50. The normalized spacial score (nSPS) is 35.8. The van der Waals surface area contributed by atoms with Crippen LogP contribution in [0.3, 0.4) is 0 Å². The van der Waals surface area contributed by atoms with Gasteiger partial charge < -0.3 is 10.6 Å². The number of piperidine rings is 1. The van der Waals surface area contributed by atoms with Crippen LogP contribution in [0.25, 0.3) is 0 Å². The fourth-order valence-corrected chi connectivity index (χ4v) is 3.04. The van der Waals surface area contributed by atoms with E-state index < -0.39 is 0 Å². The molecule has 13 heavy (non-hydrogen) atoms. The van der Waals surface area contributed by atoms with Crippen LogP contribution in [0.5, 0.6) is 0 Å². The lowest BCUT2D eigenvalue weighted by Crippen LogP contribution is -2.48. The van der Waals surface area contributed by atoms with Crippen LogP contribution in [0.4, 0.5) is 0 Å². The van der Waals surface area contributed by atoms with Crippen LogP contribution in [0.1, 0.15) is 39.0 Å². The third-order valence-electron chi connectivity index (χ3n) is 4.17. The van der Waals surface area contributed by atoms with Crippen LogP contribution in [0.2, 0.25) is 0 Å². The van der Waals surface area contributed by atoms with Crippen molar-refractivity contribution in [2.45, 2.75) is 51.1 Å². The first-order valence-corrected chi connectivity index (χ1v) is 5.63. The van der Waals surface area contributed by atoms with Crippen LogP contribution < -0.4 is 5.73 Å². The van der Waals surface area contributed by atoms with Gasteiger partial charge in [0.2, 0.25) is 0 Å². The topological polar surface area (TPSA) is 29.3 Å². The maximum absolute atomic E-state index is 6.10. The molecule has 1 saturated heterocycles. The second-order valence-corrected chi connectivity index (χ2v) is 5.01. The van der Waals surface area contributed by atoms with E-state index in [1.807, 2.05) is 0 Å². The van der Waals surface area contributed by atoms with Gasteiger partial charge in [0.15, 0.2) is 0 Å². The van der Waals surface area contributed by atoms with Crippen molar-refractivity contribution in [1.29, 1.82) is 0 Å². The third-order valence-corrected chi connectivity index (χ3v) is 4.17. The highest BCUT2D eigenvalue weighted by Crippen LogP contribution is 2.54. The summed E-state index contributed by atoms with van der Waals surface area (Å²) in [7, 11) is 2.27. The van der Waals surface area contributed by atoms with Crippen molar-refractivity contribution in [3.05, 3.63) is 0 Å². The molecule has 2 nitrogen and oxygen atoms in total. The van der Waals surface area contributed by atoms with Gasteiger partial charge in [-0.1, -0.05) is 6.42 Å². The zero-order valence-corrected chi connectivity index (χ0v) is 8.92. The Balaban J connectivity index is 2.06. The van der Waals surface area contributed by atoms with E-state index in [2.05, 4.69) is 18.9 Å². The summed E-state index contributed by atoms with van der Waals surface area (Å²) in [5, 5.41) is 0. The van der Waals surface area contributed by atoms with E-state index in [4.69, 9.17) is 5.73 Å². The molecule has 1 heterocycles. The summed E-state index contributed by atoms with van der Waals surface area (Å²) in [5.41, 5.74) is 6.59. The van der Waals surface area contributed by atoms with Gasteiger partial charge in [0.25, 0.3) is 0 Å². The summed E-state index contributed by atoms with van der Waals surface area (Å²) in [4.78, 5) is 2.54. The van der Waals surface area contributed by atoms with Crippen molar-refractivity contribution in [3.63, 3.8) is 0 Å². The van der Waals surface area contributed by atoms with Gasteiger partial charge in [0.1, 0.15) is 0 Å². The van der Waals surface area contributed by atoms with Gasteiger partial charge >= 0.3 is 0 Å². The van der Waals surface area contributed by atoms with Gasteiger partial charge in [0, 0.05) is 17.5 Å². The molecule has 0 amide bonds. The van der Waals surface area contributed by atoms with Gasteiger partial charge in [0.05, 0.1) is 0 Å². The summed E-state index contributed by atoms with van der Waals surface area (Å²) in [6.45, 7) is 3.47. The predicted octanol–water partition coefficient (Wildman–Crippen LogP) is 1.60. The molecule has 0 bridgehead atoms. The highest BCUT2D eigenvalue weighted by Gasteiger charge is 2.53. The van der Waals surface area contributed by atoms with E-state index in [1.54, 1.807) is 0 Å². The van der Waals surface area contributed by atoms with Crippen molar-refractivity contribution in [3.8, 4) is 0 Å². The number of hydrogen-bond donors (Lipinski definition) is 1. The van der Waals surface area contributed by atoms with E-state index in [-0.39, 0.29) is 0 Å². The number of nitrogens with zero attached hydrogens (tertiary/aromatic N) is 1. The first-order chi connectivity index (χ1) is 6.17. The summed E-state index contributed by atoms with van der Waals surface area (Å²) >= 11 is 0. The van der Waals surface area contributed by atoms with Crippen molar-refractivity contribution in [2.24, 2.45) is 11.1 Å². The molecule has 0 aromatic heterocycles. The van der Waals surface area contributed by atoms with Crippen LogP contribution in [-0.4, -0.2) is 30.6 Å². The summed E-state index contributed by atoms with van der Waals surface area (Å²) in [5.74, 6) is 0. The molecule has 2 aliphatic rings. The molecule has 2 atom stereocenters. The van der Waals surface area contributed by atoms with E-state index in [9.17, 15) is 0 Å². The van der Waals surface area contributed by atoms with E-state index in [0.717, 1.165) is 6.04 Å². The number of likely N-dealkylation sites (tertiary alicyclic amines) is 1. The molecule has 0 aromatic carbocycles. The van der Waals surface area contributed by atoms with E-state index >= 15 is 0 Å². The van der Waals surface area contributed by atoms with E-state index in [1.165, 1.54) is 38.6 Å². The lowest BCUT2D eigenvalue weighted by Gasteiger charge is -2.40. The minimum atomic E-state index is 0.387. The van der Waals surface area contributed by atoms with Gasteiger partial charge in [-0.05, 0) is 46.2 Å². The zero-order valence-electron chi connectivity index (χ0n) is 8.92. The Morgan fingerprint density at radius 3 is 2.54 bits per heavy atom. The Morgan fingerprint density at radius 2 is 2.08 bits per heavy atom. The molecule has 2 rings (SSSR count). The average Bonchev–Trinajstić information content (AvgIpc) is 2.85. The lowest BCUT2D eigenvalue weighted by atomic mass is 9.83. The number of rotatable bonds is 2. The molecule has 0 spiro atoms. The molecule has 2 unspecified atom stereocenters. The Bertz CT molecular complexity index is 185. The number of hydrogen-bond acceptors (Lipinski definition) is 2. The summed E-state index contributed by atoms with van der Waals surface area (Å²) in [6.07, 6.45) is 6.88. The van der Waals surface area contributed by atoms with Crippen molar-refractivity contribution in [2.75, 3.05) is 13.6 Å². The minimum absolute atomic E-state index is 0.387. The molecule has 2 N–H and O–H groups in total. The van der Waals surface area contributed by atoms with Crippen LogP contribution in [0.15, 0.2) is 0 Å². The van der Waals surface area contributed by atoms with Crippen LogP contribution >= 0.6 is 0 Å². The summed E-state index contributed by atoms with van der Waals surface area (Å²) in [6, 6.07) is 1.17. The standard InChI is InChI=1S/C11H22N2/c1-9(12)11(6-7-11)10-5-3-4-8-13(10)2/h9-10H,3-8,12H2,1-2H3. The maximum atomic E-state index is 6.10. The van der Waals surface area contributed by atoms with Gasteiger partial charge in [-0.15, -0.1) is 0 Å². The predicted molar refractivity (Wildman–Crippen MR) is 55.6 cm³/mol. The van der Waals surface area contributed by atoms with E-state index in [0.29, 0.717) is 11.5 Å². The SMILES string of the molecule is CC(N)C1(C2CCCCN2C)CC1. The second kappa shape index (κ2) is 3.25. The van der Waals surface area contributed by atoms with Gasteiger partial charge in [-0.2, -0.15) is 0 Å². The first kappa shape index (κ1) is 9.47. The number of nitrogens with two attached hydrogens (primary N) is 1. The Hall–Kier alpha value is -0.0800. The maximum Gasteiger partial charge on any atom is 0.0163 e. The molecule has 0 aromatic rings. The highest BCUT2D eigenvalue weighted by atomic mass is 15.2. The molecule has 2 heteroatoms. The molecule has 1 aliphatic heterocycles. The van der Waals surface area contributed by atoms with Crippen molar-refractivity contribution < 1.29 is 0 Å². The molecule has 1 saturated carbocycles. The Morgan fingerprint density at radius 1 is 1.38 bits per heavy atom. The molecular formula is C11H22N2. The Labute approximate surface area is 81.5 Å². The van der Waals surface area contributed by atoms with Gasteiger partial charge in [-0.25, -0.2) is 0 Å². The van der Waals surface area contributed by atoms with Crippen LogP contribution in [-0.2, 0) is 0 Å². The average molecular weight is 182 g/mol. The molecule has 2 fully saturated rings. The smallest absolute Gasteiger partial charge is 0.0163 e. The quantitative estimate of drug-likeness (QED) is 0.703. The fraction of sp³-hybridized carbons (Fsp3) is 1.00. The molecular weight excluding hydrogens is 160 g/mol. The van der Waals surface area contributed by atoms with Gasteiger partial charge in [-0.3, -0.25) is 0 Å². The minimum Gasteiger partial charge on any atom is -0.327 e. The zero-order chi connectivity index (χ0) is 9.47. The molecule has 76 valence electrons. The second-order valence-electron chi connectivity index (χ2n) is 5.01. The lowest BCUT2D eigenvalue weighted by molar-refractivity contribution is 0.103. The highest BCUT2D eigenvalue weighted by molar-refractivity contribution is 5.07. The van der Waals surface area contributed by atoms with Crippen LogP contribution in [0, 0.1) is 5.41 Å². The Kier molecular flexibility index (Phi) is 2.37. The largest absolute Gasteiger partial charge is 0.327 e. The molecule has 1 aliphatic carbocycles. The summed E-state index contributed by atoms with van der Waals surface area (Å²) < 4.78 is 0. The van der Waals surface area contributed by atoms with Crippen molar-refractivity contribution >= 4 is 0 Å². The fourth-order valence-electron chi connectivity index (χ4n) is 3.04. The van der Waals surface area contributed by atoms with Crippen molar-refractivity contribution in [1.82, 2.24) is 4.90 Å². The molecule has 0 radical (unpaired) electrons.